The molecule has 3 rings (SSSR count). The standard InChI is InChI=1S/C15H17NO3/c1-8-5-13(19-2)12(10-3-4-16-14(8)10)7-9-6-11(9)15(17)18/h3-5,9,11,16H,6-7H2,1-2H3,(H,17,18). The van der Waals surface area contributed by atoms with Gasteiger partial charge in [0, 0.05) is 22.7 Å². The molecule has 1 saturated carbocycles. The fourth-order valence-electron chi connectivity index (χ4n) is 2.87. The summed E-state index contributed by atoms with van der Waals surface area (Å²) in [6.07, 6.45) is 3.47. The molecule has 2 atom stereocenters. The van der Waals surface area contributed by atoms with Crippen molar-refractivity contribution in [1.82, 2.24) is 4.98 Å². The number of hydrogen-bond acceptors (Lipinski definition) is 2. The van der Waals surface area contributed by atoms with E-state index in [1.165, 1.54) is 0 Å². The Labute approximate surface area is 111 Å². The van der Waals surface area contributed by atoms with E-state index in [1.54, 1.807) is 7.11 Å². The first-order chi connectivity index (χ1) is 9.11. The summed E-state index contributed by atoms with van der Waals surface area (Å²) in [7, 11) is 1.67. The van der Waals surface area contributed by atoms with E-state index in [1.807, 2.05) is 25.3 Å². The normalized spacial score (nSPS) is 21.6. The Bertz CT molecular complexity index is 644. The van der Waals surface area contributed by atoms with Gasteiger partial charge in [0.25, 0.3) is 0 Å². The van der Waals surface area contributed by atoms with Crippen molar-refractivity contribution in [1.29, 1.82) is 0 Å². The Morgan fingerprint density at radius 2 is 2.37 bits per heavy atom. The quantitative estimate of drug-likeness (QED) is 0.887. The van der Waals surface area contributed by atoms with Crippen LogP contribution in [0, 0.1) is 18.8 Å². The highest BCUT2D eigenvalue weighted by molar-refractivity contribution is 5.88. The van der Waals surface area contributed by atoms with E-state index < -0.39 is 5.97 Å². The molecule has 100 valence electrons. The maximum Gasteiger partial charge on any atom is 0.306 e. The maximum atomic E-state index is 10.9. The number of aliphatic carboxylic acids is 1. The van der Waals surface area contributed by atoms with Crippen molar-refractivity contribution in [3.05, 3.63) is 29.5 Å². The van der Waals surface area contributed by atoms with E-state index >= 15 is 0 Å². The first kappa shape index (κ1) is 12.1. The third-order valence-corrected chi connectivity index (χ3v) is 4.04. The number of nitrogens with one attached hydrogen (secondary N) is 1. The molecule has 0 saturated heterocycles. The van der Waals surface area contributed by atoms with Gasteiger partial charge in [-0.2, -0.15) is 0 Å². The summed E-state index contributed by atoms with van der Waals surface area (Å²) in [6, 6.07) is 4.06. The summed E-state index contributed by atoms with van der Waals surface area (Å²) in [5.74, 6) is 0.245. The van der Waals surface area contributed by atoms with Crippen LogP contribution >= 0.6 is 0 Å². The second-order valence-electron chi connectivity index (χ2n) is 5.29. The average Bonchev–Trinajstić information content (AvgIpc) is 2.97. The number of H-pyrrole nitrogens is 1. The molecule has 0 amide bonds. The molecule has 1 fully saturated rings. The lowest BCUT2D eigenvalue weighted by atomic mass is 9.99. The van der Waals surface area contributed by atoms with Crippen molar-refractivity contribution in [2.45, 2.75) is 19.8 Å². The number of aromatic nitrogens is 1. The zero-order chi connectivity index (χ0) is 13.6. The number of carboxylic acids is 1. The maximum absolute atomic E-state index is 10.9. The molecule has 1 aromatic heterocycles. The first-order valence-electron chi connectivity index (χ1n) is 6.48. The van der Waals surface area contributed by atoms with E-state index in [4.69, 9.17) is 9.84 Å². The number of aromatic amines is 1. The highest BCUT2D eigenvalue weighted by Crippen LogP contribution is 2.44. The fourth-order valence-corrected chi connectivity index (χ4v) is 2.87. The second-order valence-corrected chi connectivity index (χ2v) is 5.29. The van der Waals surface area contributed by atoms with Crippen LogP contribution < -0.4 is 4.74 Å². The van der Waals surface area contributed by atoms with Crippen LogP contribution in [0.15, 0.2) is 18.3 Å². The van der Waals surface area contributed by atoms with E-state index in [0.29, 0.717) is 0 Å². The molecule has 0 aliphatic heterocycles. The molecule has 2 N–H and O–H groups in total. The highest BCUT2D eigenvalue weighted by atomic mass is 16.5. The van der Waals surface area contributed by atoms with Crippen molar-refractivity contribution >= 4 is 16.9 Å². The number of rotatable bonds is 4. The largest absolute Gasteiger partial charge is 0.496 e. The lowest BCUT2D eigenvalue weighted by Gasteiger charge is -2.11. The minimum absolute atomic E-state index is 0.181. The van der Waals surface area contributed by atoms with Gasteiger partial charge in [0.1, 0.15) is 5.75 Å². The predicted octanol–water partition coefficient (Wildman–Crippen LogP) is 2.75. The Balaban J connectivity index is 2.00. The Morgan fingerprint density at radius 3 is 3.00 bits per heavy atom. The van der Waals surface area contributed by atoms with Crippen LogP contribution in [-0.4, -0.2) is 23.2 Å². The summed E-state index contributed by atoms with van der Waals surface area (Å²) in [4.78, 5) is 14.2. The van der Waals surface area contributed by atoms with E-state index in [9.17, 15) is 4.79 Å². The van der Waals surface area contributed by atoms with Crippen molar-refractivity contribution in [3.63, 3.8) is 0 Å². The molecule has 2 aromatic rings. The van der Waals surface area contributed by atoms with Gasteiger partial charge in [-0.1, -0.05) is 0 Å². The van der Waals surface area contributed by atoms with Crippen molar-refractivity contribution in [2.75, 3.05) is 7.11 Å². The molecule has 4 nitrogen and oxygen atoms in total. The van der Waals surface area contributed by atoms with Gasteiger partial charge >= 0.3 is 5.97 Å². The number of carboxylic acid groups (broad SMARTS) is 1. The topological polar surface area (TPSA) is 62.3 Å². The molecular formula is C15H17NO3. The Hall–Kier alpha value is -1.97. The molecule has 19 heavy (non-hydrogen) atoms. The number of carbonyl (C=O) groups is 1. The molecule has 0 spiro atoms. The van der Waals surface area contributed by atoms with Crippen LogP contribution in [0.1, 0.15) is 17.5 Å². The smallest absolute Gasteiger partial charge is 0.306 e. The monoisotopic (exact) mass is 259 g/mol. The zero-order valence-corrected chi connectivity index (χ0v) is 11.1. The average molecular weight is 259 g/mol. The van der Waals surface area contributed by atoms with Gasteiger partial charge in [0.05, 0.1) is 13.0 Å². The predicted molar refractivity (Wildman–Crippen MR) is 72.5 cm³/mol. The molecule has 2 unspecified atom stereocenters. The van der Waals surface area contributed by atoms with Gasteiger partial charge < -0.3 is 14.8 Å². The van der Waals surface area contributed by atoms with Crippen LogP contribution in [0.2, 0.25) is 0 Å². The first-order valence-corrected chi connectivity index (χ1v) is 6.48. The molecule has 1 aliphatic carbocycles. The van der Waals surface area contributed by atoms with Gasteiger partial charge in [-0.3, -0.25) is 4.79 Å². The third-order valence-electron chi connectivity index (χ3n) is 4.04. The summed E-state index contributed by atoms with van der Waals surface area (Å²) in [6.45, 7) is 2.04. The molecule has 1 aliphatic rings. The molecule has 0 bridgehead atoms. The number of methoxy groups -OCH3 is 1. The minimum atomic E-state index is -0.679. The van der Waals surface area contributed by atoms with E-state index in [-0.39, 0.29) is 11.8 Å². The lowest BCUT2D eigenvalue weighted by molar-refractivity contribution is -0.138. The minimum Gasteiger partial charge on any atom is -0.496 e. The van der Waals surface area contributed by atoms with Gasteiger partial charge in [0.2, 0.25) is 0 Å². The van der Waals surface area contributed by atoms with Crippen molar-refractivity contribution in [3.8, 4) is 5.75 Å². The highest BCUT2D eigenvalue weighted by Gasteiger charge is 2.43. The van der Waals surface area contributed by atoms with Gasteiger partial charge in [-0.25, -0.2) is 0 Å². The number of hydrogen-bond donors (Lipinski definition) is 2. The summed E-state index contributed by atoms with van der Waals surface area (Å²) in [5, 5.41) is 10.2. The fraction of sp³-hybridized carbons (Fsp3) is 0.400. The second kappa shape index (κ2) is 4.30. The Morgan fingerprint density at radius 1 is 1.58 bits per heavy atom. The van der Waals surface area contributed by atoms with Crippen LogP contribution in [0.4, 0.5) is 0 Å². The van der Waals surface area contributed by atoms with Crippen LogP contribution in [0.25, 0.3) is 10.9 Å². The molecule has 4 heteroatoms. The Kier molecular flexibility index (Phi) is 2.73. The summed E-state index contributed by atoms with van der Waals surface area (Å²) in [5.41, 5.74) is 3.38. The molecule has 1 heterocycles. The number of fused-ring (bicyclic) bond motifs is 1. The van der Waals surface area contributed by atoms with Crippen LogP contribution in [0.3, 0.4) is 0 Å². The van der Waals surface area contributed by atoms with Crippen LogP contribution in [0.5, 0.6) is 5.75 Å². The van der Waals surface area contributed by atoms with Gasteiger partial charge in [-0.05, 0) is 43.4 Å². The number of aryl methyl sites for hydroxylation is 1. The SMILES string of the molecule is COc1cc(C)c2[nH]ccc2c1CC1CC1C(=O)O. The van der Waals surface area contributed by atoms with Gasteiger partial charge in [-0.15, -0.1) is 0 Å². The summed E-state index contributed by atoms with van der Waals surface area (Å²) >= 11 is 0. The third kappa shape index (κ3) is 1.97. The van der Waals surface area contributed by atoms with Crippen molar-refractivity contribution < 1.29 is 14.6 Å². The van der Waals surface area contributed by atoms with E-state index in [0.717, 1.165) is 40.6 Å². The summed E-state index contributed by atoms with van der Waals surface area (Å²) < 4.78 is 5.47. The van der Waals surface area contributed by atoms with Crippen molar-refractivity contribution in [2.24, 2.45) is 11.8 Å². The van der Waals surface area contributed by atoms with E-state index in [2.05, 4.69) is 4.98 Å². The zero-order valence-electron chi connectivity index (χ0n) is 11.1. The lowest BCUT2D eigenvalue weighted by Crippen LogP contribution is -2.02. The van der Waals surface area contributed by atoms with Gasteiger partial charge in [0.15, 0.2) is 0 Å². The molecule has 1 aromatic carbocycles. The molecular weight excluding hydrogens is 242 g/mol. The molecule has 0 radical (unpaired) electrons. The van der Waals surface area contributed by atoms with Crippen LogP contribution in [-0.2, 0) is 11.2 Å². The number of benzene rings is 1. The number of ether oxygens (including phenoxy) is 1.